The highest BCUT2D eigenvalue weighted by Gasteiger charge is 2.49. The first-order valence-electron chi connectivity index (χ1n) is 14.2. The summed E-state index contributed by atoms with van der Waals surface area (Å²) in [7, 11) is -0.813. The van der Waals surface area contributed by atoms with E-state index in [9.17, 15) is 17.6 Å². The number of carbonyl (C=O) groups is 1. The number of amides is 1. The van der Waals surface area contributed by atoms with Crippen LogP contribution in [0.3, 0.4) is 0 Å². The van der Waals surface area contributed by atoms with Crippen molar-refractivity contribution in [3.63, 3.8) is 0 Å². The van der Waals surface area contributed by atoms with Crippen LogP contribution in [0.5, 0.6) is 0 Å². The highest BCUT2D eigenvalue weighted by atomic mass is 32.2. The lowest BCUT2D eigenvalue weighted by molar-refractivity contribution is -0.0106. The van der Waals surface area contributed by atoms with E-state index in [0.717, 1.165) is 48.3 Å². The number of allylic oxidation sites excluding steroid dienone is 1. The SMILES string of the molecule is C[C@@H](NC(=O)c1cccc(N2CCS(=O)(=O)CC2)c1)c1ccc(C(=C2CC3(C2)CN(C)C3)c2ccc(F)cc2)cc1. The molecule has 3 aromatic rings. The van der Waals surface area contributed by atoms with Gasteiger partial charge in [0.05, 0.1) is 17.5 Å². The van der Waals surface area contributed by atoms with Crippen LogP contribution < -0.4 is 10.2 Å². The van der Waals surface area contributed by atoms with E-state index in [1.54, 1.807) is 6.07 Å². The Morgan fingerprint density at radius 2 is 1.51 bits per heavy atom. The Labute approximate surface area is 241 Å². The maximum Gasteiger partial charge on any atom is 0.251 e. The first-order valence-corrected chi connectivity index (χ1v) is 16.1. The monoisotopic (exact) mass is 573 g/mol. The van der Waals surface area contributed by atoms with Crippen molar-refractivity contribution < 1.29 is 17.6 Å². The summed E-state index contributed by atoms with van der Waals surface area (Å²) in [6.07, 6.45) is 2.15. The number of nitrogens with one attached hydrogen (secondary N) is 1. The highest BCUT2D eigenvalue weighted by Crippen LogP contribution is 2.54. The van der Waals surface area contributed by atoms with Gasteiger partial charge >= 0.3 is 0 Å². The molecule has 3 aliphatic rings. The van der Waals surface area contributed by atoms with Gasteiger partial charge in [0.15, 0.2) is 9.84 Å². The number of carbonyl (C=O) groups excluding carboxylic acids is 1. The molecule has 41 heavy (non-hydrogen) atoms. The summed E-state index contributed by atoms with van der Waals surface area (Å²) in [6.45, 7) is 5.10. The predicted molar refractivity (Wildman–Crippen MR) is 161 cm³/mol. The van der Waals surface area contributed by atoms with Crippen molar-refractivity contribution in [1.82, 2.24) is 10.2 Å². The third-order valence-electron chi connectivity index (χ3n) is 8.74. The molecule has 3 fully saturated rings. The van der Waals surface area contributed by atoms with Gasteiger partial charge < -0.3 is 15.1 Å². The summed E-state index contributed by atoms with van der Waals surface area (Å²) in [5.41, 5.74) is 7.55. The van der Waals surface area contributed by atoms with Gasteiger partial charge in [0.25, 0.3) is 5.91 Å². The minimum atomic E-state index is -2.97. The second-order valence-electron chi connectivity index (χ2n) is 12.0. The van der Waals surface area contributed by atoms with Crippen LogP contribution in [0.2, 0.25) is 0 Å². The van der Waals surface area contributed by atoms with E-state index in [-0.39, 0.29) is 29.3 Å². The van der Waals surface area contributed by atoms with E-state index in [1.165, 1.54) is 23.3 Å². The average molecular weight is 574 g/mol. The summed E-state index contributed by atoms with van der Waals surface area (Å²) in [6, 6.07) is 22.2. The minimum absolute atomic E-state index is 0.133. The Morgan fingerprint density at radius 1 is 0.902 bits per heavy atom. The fourth-order valence-corrected chi connectivity index (χ4v) is 7.86. The molecule has 1 amide bonds. The lowest BCUT2D eigenvalue weighted by atomic mass is 9.59. The Morgan fingerprint density at radius 3 is 2.12 bits per heavy atom. The van der Waals surface area contributed by atoms with E-state index < -0.39 is 9.84 Å². The Kier molecular flexibility index (Phi) is 7.24. The summed E-state index contributed by atoms with van der Waals surface area (Å²) in [5, 5.41) is 3.11. The van der Waals surface area contributed by atoms with Gasteiger partial charge in [-0.1, -0.05) is 48.0 Å². The zero-order valence-corrected chi connectivity index (χ0v) is 24.4. The number of benzene rings is 3. The van der Waals surface area contributed by atoms with Crippen LogP contribution in [0.1, 0.15) is 52.9 Å². The number of hydrogen-bond acceptors (Lipinski definition) is 5. The Hall–Kier alpha value is -3.49. The third kappa shape index (κ3) is 5.81. The molecule has 6 nitrogen and oxygen atoms in total. The van der Waals surface area contributed by atoms with Gasteiger partial charge in [-0.15, -0.1) is 0 Å². The molecule has 2 aliphatic heterocycles. The molecule has 2 heterocycles. The van der Waals surface area contributed by atoms with Crippen molar-refractivity contribution in [3.8, 4) is 0 Å². The second kappa shape index (κ2) is 10.7. The lowest BCUT2D eigenvalue weighted by Gasteiger charge is -2.56. The minimum Gasteiger partial charge on any atom is -0.369 e. The fourth-order valence-electron chi connectivity index (χ4n) is 6.66. The summed E-state index contributed by atoms with van der Waals surface area (Å²) in [5.74, 6) is -0.145. The van der Waals surface area contributed by atoms with Gasteiger partial charge in [0, 0.05) is 42.8 Å². The number of anilines is 1. The smallest absolute Gasteiger partial charge is 0.251 e. The lowest BCUT2D eigenvalue weighted by Crippen LogP contribution is -2.58. The molecule has 0 aromatic heterocycles. The second-order valence-corrected chi connectivity index (χ2v) is 14.3. The van der Waals surface area contributed by atoms with Gasteiger partial charge in [-0.3, -0.25) is 4.79 Å². The summed E-state index contributed by atoms with van der Waals surface area (Å²) >= 11 is 0. The van der Waals surface area contributed by atoms with Crippen molar-refractivity contribution in [2.24, 2.45) is 5.41 Å². The van der Waals surface area contributed by atoms with Crippen LogP contribution in [-0.2, 0) is 9.84 Å². The number of hydrogen-bond donors (Lipinski definition) is 1. The van der Waals surface area contributed by atoms with E-state index in [1.807, 2.05) is 42.2 Å². The maximum atomic E-state index is 13.7. The molecule has 0 bridgehead atoms. The molecule has 1 saturated carbocycles. The quantitative estimate of drug-likeness (QED) is 0.446. The Bertz CT molecular complexity index is 1570. The van der Waals surface area contributed by atoms with Crippen LogP contribution >= 0.6 is 0 Å². The van der Waals surface area contributed by atoms with Crippen molar-refractivity contribution in [2.75, 3.05) is 49.6 Å². The van der Waals surface area contributed by atoms with Crippen molar-refractivity contribution >= 4 is 27.0 Å². The molecule has 1 aliphatic carbocycles. The normalized spacial score (nSPS) is 20.2. The molecule has 3 aromatic carbocycles. The number of rotatable bonds is 6. The van der Waals surface area contributed by atoms with Crippen molar-refractivity contribution in [2.45, 2.75) is 25.8 Å². The zero-order chi connectivity index (χ0) is 28.8. The molecule has 0 radical (unpaired) electrons. The van der Waals surface area contributed by atoms with Crippen LogP contribution in [-0.4, -0.2) is 64.0 Å². The van der Waals surface area contributed by atoms with Crippen molar-refractivity contribution in [3.05, 3.63) is 106 Å². The van der Waals surface area contributed by atoms with Gasteiger partial charge in [0.2, 0.25) is 0 Å². The molecule has 2 saturated heterocycles. The molecule has 1 spiro atoms. The highest BCUT2D eigenvalue weighted by molar-refractivity contribution is 7.91. The molecule has 214 valence electrons. The van der Waals surface area contributed by atoms with Gasteiger partial charge in [-0.2, -0.15) is 0 Å². The molecular weight excluding hydrogens is 537 g/mol. The molecule has 0 unspecified atom stereocenters. The van der Waals surface area contributed by atoms with Crippen LogP contribution in [0.15, 0.2) is 78.4 Å². The molecule has 1 atom stereocenters. The van der Waals surface area contributed by atoms with Crippen LogP contribution in [0.4, 0.5) is 10.1 Å². The topological polar surface area (TPSA) is 69.7 Å². The average Bonchev–Trinajstić information content (AvgIpc) is 2.92. The predicted octanol–water partition coefficient (Wildman–Crippen LogP) is 5.08. The maximum absolute atomic E-state index is 13.7. The number of likely N-dealkylation sites (tertiary alicyclic amines) is 1. The third-order valence-corrected chi connectivity index (χ3v) is 10.3. The van der Waals surface area contributed by atoms with E-state index in [4.69, 9.17) is 0 Å². The molecule has 1 N–H and O–H groups in total. The van der Waals surface area contributed by atoms with E-state index >= 15 is 0 Å². The summed E-state index contributed by atoms with van der Waals surface area (Å²) in [4.78, 5) is 17.5. The van der Waals surface area contributed by atoms with Crippen molar-refractivity contribution in [1.29, 1.82) is 0 Å². The van der Waals surface area contributed by atoms with Gasteiger partial charge in [0.1, 0.15) is 5.82 Å². The number of nitrogens with zero attached hydrogens (tertiary/aromatic N) is 2. The standard InChI is InChI=1S/C33H36FN3O3S/c1-23(35-32(38)27-4-3-5-30(18-27)37-14-16-41(39,40)17-15-37)24-6-8-25(9-7-24)31(26-10-12-29(34)13-11-26)28-19-33(20-28)21-36(2)22-33/h3-13,18,23H,14-17,19-22H2,1-2H3,(H,35,38)/t23-/m1/s1. The first kappa shape index (κ1) is 27.7. The Balaban J connectivity index is 1.16. The van der Waals surface area contributed by atoms with Crippen LogP contribution in [0, 0.1) is 11.2 Å². The van der Waals surface area contributed by atoms with Gasteiger partial charge in [-0.25, -0.2) is 12.8 Å². The molecular formula is C33H36FN3O3S. The van der Waals surface area contributed by atoms with E-state index in [2.05, 4.69) is 41.5 Å². The largest absolute Gasteiger partial charge is 0.369 e. The fraction of sp³-hybridized carbons (Fsp3) is 0.364. The summed E-state index contributed by atoms with van der Waals surface area (Å²) < 4.78 is 37.3. The van der Waals surface area contributed by atoms with Gasteiger partial charge in [-0.05, 0) is 79.4 Å². The van der Waals surface area contributed by atoms with E-state index in [0.29, 0.717) is 24.1 Å². The zero-order valence-electron chi connectivity index (χ0n) is 23.6. The van der Waals surface area contributed by atoms with Crippen LogP contribution in [0.25, 0.3) is 5.57 Å². The first-order chi connectivity index (χ1) is 19.6. The molecule has 8 heteroatoms. The molecule has 6 rings (SSSR count). The number of sulfone groups is 1. The number of halogens is 1.